The van der Waals surface area contributed by atoms with Crippen LogP contribution >= 0.6 is 0 Å². The second-order valence-corrected chi connectivity index (χ2v) is 21.4. The second kappa shape index (κ2) is 10.7. The van der Waals surface area contributed by atoms with E-state index in [0.717, 1.165) is 44.6 Å². The van der Waals surface area contributed by atoms with E-state index in [1.54, 1.807) is 0 Å². The third kappa shape index (κ3) is 6.25. The number of aromatic nitrogens is 2. The Hall–Kier alpha value is -3.70. The molecule has 0 atom stereocenters. The van der Waals surface area contributed by atoms with E-state index in [1.807, 2.05) is 24.4 Å². The second-order valence-electron chi connectivity index (χ2n) is 16.3. The highest BCUT2D eigenvalue weighted by molar-refractivity contribution is 6.88. The van der Waals surface area contributed by atoms with E-state index in [0.29, 0.717) is 11.5 Å². The number of aromatic hydroxyl groups is 1. The quantitative estimate of drug-likeness (QED) is 0.207. The molecule has 0 radical (unpaired) electrons. The number of benzene rings is 3. The highest BCUT2D eigenvalue weighted by Gasteiger charge is 2.29. The number of hydrogen-bond acceptors (Lipinski definition) is 4. The third-order valence-corrected chi connectivity index (χ3v) is 10.5. The summed E-state index contributed by atoms with van der Waals surface area (Å²) in [5.74, 6) is 0.677. The third-order valence-electron chi connectivity index (χ3n) is 8.45. The summed E-state index contributed by atoms with van der Waals surface area (Å²) >= 11 is 0. The van der Waals surface area contributed by atoms with Gasteiger partial charge in [-0.05, 0) is 69.3 Å². The molecule has 0 fully saturated rings. The molecule has 0 aliphatic carbocycles. The zero-order valence-corrected chi connectivity index (χ0v) is 29.6. The first-order valence-corrected chi connectivity index (χ1v) is 19.1. The molecule has 0 saturated carbocycles. The highest BCUT2D eigenvalue weighted by atomic mass is 28.3. The summed E-state index contributed by atoms with van der Waals surface area (Å²) < 4.78 is 6.62. The van der Waals surface area contributed by atoms with Gasteiger partial charge >= 0.3 is 0 Å². The molecule has 1 N–H and O–H groups in total. The van der Waals surface area contributed by atoms with Crippen LogP contribution in [0, 0.1) is 0 Å². The fourth-order valence-electron chi connectivity index (χ4n) is 5.50. The minimum absolute atomic E-state index is 0.0629. The van der Waals surface area contributed by atoms with Crippen LogP contribution in [0.25, 0.3) is 44.9 Å². The van der Waals surface area contributed by atoms with Crippen LogP contribution in [0.2, 0.25) is 19.6 Å². The number of pyridine rings is 1. The van der Waals surface area contributed by atoms with Crippen molar-refractivity contribution in [2.45, 2.75) is 98.2 Å². The first kappa shape index (κ1) is 31.7. The fraction of sp³-hybridized carbons (Fsp3) is 0.385. The monoisotopic (exact) mass is 604 g/mol. The number of fused-ring (bicyclic) bond motifs is 1. The van der Waals surface area contributed by atoms with Crippen molar-refractivity contribution < 1.29 is 9.52 Å². The van der Waals surface area contributed by atoms with Gasteiger partial charge in [0.2, 0.25) is 5.89 Å². The van der Waals surface area contributed by atoms with Gasteiger partial charge < -0.3 is 9.52 Å². The Kier molecular flexibility index (Phi) is 7.73. The van der Waals surface area contributed by atoms with Gasteiger partial charge in [-0.3, -0.25) is 4.98 Å². The van der Waals surface area contributed by atoms with Crippen LogP contribution < -0.4 is 5.19 Å². The Morgan fingerprint density at radius 1 is 0.682 bits per heavy atom. The summed E-state index contributed by atoms with van der Waals surface area (Å²) in [6.45, 7) is 26.8. The predicted molar refractivity (Wildman–Crippen MR) is 189 cm³/mol. The van der Waals surface area contributed by atoms with Gasteiger partial charge in [-0.15, -0.1) is 0 Å². The van der Waals surface area contributed by atoms with Crippen LogP contribution in [0.15, 0.2) is 71.3 Å². The van der Waals surface area contributed by atoms with Crippen LogP contribution in [0.1, 0.15) is 79.0 Å². The van der Waals surface area contributed by atoms with Gasteiger partial charge in [0.05, 0.1) is 19.3 Å². The van der Waals surface area contributed by atoms with Gasteiger partial charge in [0.15, 0.2) is 5.58 Å². The molecule has 5 aromatic rings. The summed E-state index contributed by atoms with van der Waals surface area (Å²) in [6, 6.07) is 21.5. The lowest BCUT2D eigenvalue weighted by Gasteiger charge is -2.27. The maximum absolute atomic E-state index is 11.7. The molecule has 230 valence electrons. The van der Waals surface area contributed by atoms with E-state index in [2.05, 4.69) is 129 Å². The lowest BCUT2D eigenvalue weighted by molar-refractivity contribution is 0.444. The summed E-state index contributed by atoms with van der Waals surface area (Å²) in [4.78, 5) is 9.84. The summed E-state index contributed by atoms with van der Waals surface area (Å²) in [5.41, 5.74) is 9.17. The van der Waals surface area contributed by atoms with E-state index in [-0.39, 0.29) is 22.0 Å². The SMILES string of the molecule is CC(C)(C)c1cc(-c2ccccn2)cc(-c2cc([Si](C)(C)C)cc3oc(-c4cc(C(C)(C)C)cc(C(C)(C)C)c4O)nc23)c1. The van der Waals surface area contributed by atoms with Gasteiger partial charge in [0.1, 0.15) is 11.3 Å². The highest BCUT2D eigenvalue weighted by Crippen LogP contribution is 2.43. The van der Waals surface area contributed by atoms with E-state index >= 15 is 0 Å². The first-order valence-electron chi connectivity index (χ1n) is 15.6. The van der Waals surface area contributed by atoms with Crippen LogP contribution in [0.5, 0.6) is 5.75 Å². The molecule has 0 saturated heterocycles. The maximum atomic E-state index is 11.7. The molecule has 0 spiro atoms. The van der Waals surface area contributed by atoms with Gasteiger partial charge in [0, 0.05) is 22.9 Å². The molecule has 0 unspecified atom stereocenters. The standard InChI is InChI=1S/C39H48N2O2Si/c1-37(2,3)26-18-24(17-25(19-26)32-15-13-14-16-40-32)29-22-28(44(10,11)12)23-33-34(29)41-36(43-33)30-20-27(38(4,5)6)21-31(35(30)42)39(7,8)9/h13-23,42H,1-12H3. The molecule has 0 aliphatic rings. The van der Waals surface area contributed by atoms with Gasteiger partial charge in [-0.1, -0.05) is 111 Å². The Labute approximate surface area is 264 Å². The van der Waals surface area contributed by atoms with Crippen LogP contribution in [0.4, 0.5) is 0 Å². The molecule has 0 aliphatic heterocycles. The van der Waals surface area contributed by atoms with Crippen LogP contribution in [-0.4, -0.2) is 23.1 Å². The van der Waals surface area contributed by atoms with Gasteiger partial charge in [0.25, 0.3) is 0 Å². The van der Waals surface area contributed by atoms with Gasteiger partial charge in [-0.25, -0.2) is 4.98 Å². The Morgan fingerprint density at radius 3 is 1.89 bits per heavy atom. The summed E-state index contributed by atoms with van der Waals surface area (Å²) in [5, 5.41) is 12.9. The molecule has 44 heavy (non-hydrogen) atoms. The normalized spacial score (nSPS) is 13.1. The minimum Gasteiger partial charge on any atom is -0.507 e. The topological polar surface area (TPSA) is 59.2 Å². The Bertz CT molecular complexity index is 1840. The molecule has 5 heteroatoms. The average molecular weight is 605 g/mol. The summed E-state index contributed by atoms with van der Waals surface area (Å²) in [6.07, 6.45) is 1.84. The lowest BCUT2D eigenvalue weighted by atomic mass is 9.79. The number of rotatable bonds is 4. The van der Waals surface area contributed by atoms with Crippen molar-refractivity contribution in [3.8, 4) is 39.6 Å². The minimum atomic E-state index is -1.74. The molecule has 5 rings (SSSR count). The Balaban J connectivity index is 1.84. The first-order chi connectivity index (χ1) is 20.2. The zero-order chi connectivity index (χ0) is 32.4. The van der Waals surface area contributed by atoms with Gasteiger partial charge in [-0.2, -0.15) is 0 Å². The van der Waals surface area contributed by atoms with Crippen molar-refractivity contribution in [3.63, 3.8) is 0 Å². The molecule has 4 nitrogen and oxygen atoms in total. The number of hydrogen-bond donors (Lipinski definition) is 1. The molecule has 2 heterocycles. The predicted octanol–water partition coefficient (Wildman–Crippen LogP) is 10.4. The molecular formula is C39H48N2O2Si. The fourth-order valence-corrected chi connectivity index (χ4v) is 6.64. The number of phenolic OH excluding ortho intramolecular Hbond substituents is 1. The van der Waals surface area contributed by atoms with E-state index in [9.17, 15) is 5.11 Å². The summed E-state index contributed by atoms with van der Waals surface area (Å²) in [7, 11) is -1.74. The van der Waals surface area contributed by atoms with Crippen molar-refractivity contribution in [1.82, 2.24) is 9.97 Å². The van der Waals surface area contributed by atoms with E-state index in [4.69, 9.17) is 9.40 Å². The van der Waals surface area contributed by atoms with Crippen molar-refractivity contribution in [2.24, 2.45) is 0 Å². The molecule has 0 bridgehead atoms. The molecule has 2 aromatic heterocycles. The van der Waals surface area contributed by atoms with Crippen molar-refractivity contribution >= 4 is 24.4 Å². The number of phenols is 1. The largest absolute Gasteiger partial charge is 0.507 e. The Morgan fingerprint density at radius 2 is 1.32 bits per heavy atom. The molecule has 3 aromatic carbocycles. The zero-order valence-electron chi connectivity index (χ0n) is 28.6. The molecular weight excluding hydrogens is 557 g/mol. The molecule has 0 amide bonds. The average Bonchev–Trinajstić information content (AvgIpc) is 3.34. The van der Waals surface area contributed by atoms with Crippen molar-refractivity contribution in [3.05, 3.63) is 83.6 Å². The van der Waals surface area contributed by atoms with E-state index in [1.165, 1.54) is 10.8 Å². The van der Waals surface area contributed by atoms with Crippen molar-refractivity contribution in [1.29, 1.82) is 0 Å². The van der Waals surface area contributed by atoms with E-state index < -0.39 is 8.07 Å². The lowest BCUT2D eigenvalue weighted by Crippen LogP contribution is -2.37. The van der Waals surface area contributed by atoms with Crippen LogP contribution in [-0.2, 0) is 16.2 Å². The van der Waals surface area contributed by atoms with Crippen molar-refractivity contribution in [2.75, 3.05) is 0 Å². The maximum Gasteiger partial charge on any atom is 0.231 e. The number of oxazole rings is 1. The van der Waals surface area contributed by atoms with Crippen LogP contribution in [0.3, 0.4) is 0 Å². The smallest absolute Gasteiger partial charge is 0.231 e. The number of nitrogens with zero attached hydrogens (tertiary/aromatic N) is 2.